The van der Waals surface area contributed by atoms with Crippen LogP contribution in [-0.2, 0) is 17.6 Å². The summed E-state index contributed by atoms with van der Waals surface area (Å²) in [6, 6.07) is 10.5. The van der Waals surface area contributed by atoms with Crippen LogP contribution in [0.2, 0.25) is 0 Å². The molecular weight excluding hydrogens is 356 g/mol. The molecule has 0 spiro atoms. The van der Waals surface area contributed by atoms with Gasteiger partial charge in [-0.3, -0.25) is 4.79 Å². The van der Waals surface area contributed by atoms with Crippen LogP contribution in [0.4, 0.5) is 0 Å². The van der Waals surface area contributed by atoms with E-state index < -0.39 is 5.97 Å². The highest BCUT2D eigenvalue weighted by Gasteiger charge is 2.18. The van der Waals surface area contributed by atoms with Gasteiger partial charge >= 0.3 is 5.97 Å². The molecule has 29 heavy (non-hydrogen) atoms. The smallest absolute Gasteiger partial charge is 0.307 e. The third-order valence-corrected chi connectivity index (χ3v) is 5.80. The Morgan fingerprint density at radius 1 is 0.966 bits per heavy atom. The summed E-state index contributed by atoms with van der Waals surface area (Å²) in [5, 5.41) is 9.47. The highest BCUT2D eigenvalue weighted by Crippen LogP contribution is 2.35. The van der Waals surface area contributed by atoms with Crippen molar-refractivity contribution in [3.63, 3.8) is 0 Å². The summed E-state index contributed by atoms with van der Waals surface area (Å²) < 4.78 is 0. The largest absolute Gasteiger partial charge is 0.481 e. The molecule has 0 aromatic heterocycles. The Balaban J connectivity index is 2.70. The van der Waals surface area contributed by atoms with Crippen molar-refractivity contribution < 1.29 is 9.90 Å². The van der Waals surface area contributed by atoms with Gasteiger partial charge < -0.3 is 5.11 Å². The zero-order chi connectivity index (χ0) is 21.4. The lowest BCUT2D eigenvalue weighted by atomic mass is 9.83. The Morgan fingerprint density at radius 3 is 2.38 bits per heavy atom. The van der Waals surface area contributed by atoms with Gasteiger partial charge in [-0.05, 0) is 84.6 Å². The van der Waals surface area contributed by atoms with Crippen molar-refractivity contribution >= 4 is 11.5 Å². The van der Waals surface area contributed by atoms with Crippen LogP contribution in [0.15, 0.2) is 36.4 Å². The van der Waals surface area contributed by atoms with Crippen LogP contribution in [0.5, 0.6) is 0 Å². The lowest BCUT2D eigenvalue weighted by molar-refractivity contribution is -0.136. The minimum atomic E-state index is -0.782. The predicted molar refractivity (Wildman–Crippen MR) is 124 cm³/mol. The fourth-order valence-electron chi connectivity index (χ4n) is 4.06. The van der Waals surface area contributed by atoms with Crippen molar-refractivity contribution in [2.24, 2.45) is 0 Å². The first-order chi connectivity index (χ1) is 13.9. The number of unbranched alkanes of at least 4 members (excludes halogenated alkanes) is 3. The van der Waals surface area contributed by atoms with Crippen LogP contribution < -0.4 is 0 Å². The Hall–Kier alpha value is -2.35. The lowest BCUT2D eigenvalue weighted by Gasteiger charge is -2.21. The Kier molecular flexibility index (Phi) is 8.70. The number of aliphatic carboxylic acids is 1. The SMILES string of the molecule is CCC/C=C(\c1ccc(C)c(C)c1CCCCC)c1c(C)cccc1CC(=O)O. The third-order valence-electron chi connectivity index (χ3n) is 5.80. The van der Waals surface area contributed by atoms with Crippen molar-refractivity contribution in [2.45, 2.75) is 79.6 Å². The highest BCUT2D eigenvalue weighted by atomic mass is 16.4. The monoisotopic (exact) mass is 392 g/mol. The first kappa shape index (κ1) is 22.9. The highest BCUT2D eigenvalue weighted by molar-refractivity contribution is 5.86. The first-order valence-corrected chi connectivity index (χ1v) is 11.0. The summed E-state index contributed by atoms with van der Waals surface area (Å²) in [5.74, 6) is -0.782. The molecular formula is C27H36O2. The fraction of sp³-hybridized carbons (Fsp3) is 0.444. The second kappa shape index (κ2) is 11.0. The summed E-state index contributed by atoms with van der Waals surface area (Å²) in [6.45, 7) is 10.9. The van der Waals surface area contributed by atoms with E-state index in [1.807, 2.05) is 12.1 Å². The standard InChI is InChI=1S/C27H36O2/c1-6-8-10-15-23-21(5)19(3)16-17-24(23)25(14-9-7-2)27-20(4)12-11-13-22(27)18-26(28)29/h11-14,16-17H,6-10,15,18H2,1-5H3,(H,28,29)/b25-14+. The Morgan fingerprint density at radius 2 is 1.72 bits per heavy atom. The van der Waals surface area contributed by atoms with Crippen LogP contribution in [0.3, 0.4) is 0 Å². The molecule has 1 N–H and O–H groups in total. The maximum Gasteiger partial charge on any atom is 0.307 e. The average molecular weight is 393 g/mol. The fourth-order valence-corrected chi connectivity index (χ4v) is 4.06. The third kappa shape index (κ3) is 5.82. The van der Waals surface area contributed by atoms with Crippen LogP contribution >= 0.6 is 0 Å². The summed E-state index contributed by atoms with van der Waals surface area (Å²) >= 11 is 0. The van der Waals surface area contributed by atoms with E-state index in [2.05, 4.69) is 58.9 Å². The van der Waals surface area contributed by atoms with Crippen molar-refractivity contribution in [3.05, 3.63) is 75.4 Å². The van der Waals surface area contributed by atoms with Gasteiger partial charge in [0.25, 0.3) is 0 Å². The number of carbonyl (C=O) groups is 1. The summed E-state index contributed by atoms with van der Waals surface area (Å²) in [4.78, 5) is 11.5. The average Bonchev–Trinajstić information content (AvgIpc) is 2.67. The summed E-state index contributed by atoms with van der Waals surface area (Å²) in [7, 11) is 0. The van der Waals surface area contributed by atoms with E-state index in [1.165, 1.54) is 47.1 Å². The molecule has 0 radical (unpaired) electrons. The van der Waals surface area contributed by atoms with E-state index in [1.54, 1.807) is 0 Å². The molecule has 2 heteroatoms. The summed E-state index contributed by atoms with van der Waals surface area (Å²) in [6.07, 6.45) is 9.12. The normalized spacial score (nSPS) is 11.7. The Labute approximate surface area is 176 Å². The molecule has 0 fully saturated rings. The van der Waals surface area contributed by atoms with Crippen LogP contribution in [0.25, 0.3) is 5.57 Å². The molecule has 0 heterocycles. The van der Waals surface area contributed by atoms with E-state index in [0.29, 0.717) is 0 Å². The van der Waals surface area contributed by atoms with E-state index in [9.17, 15) is 9.90 Å². The second-order valence-electron chi connectivity index (χ2n) is 8.08. The number of benzene rings is 2. The predicted octanol–water partition coefficient (Wildman–Crippen LogP) is 7.20. The van der Waals surface area contributed by atoms with Gasteiger partial charge in [-0.1, -0.05) is 69.5 Å². The minimum Gasteiger partial charge on any atom is -0.481 e. The van der Waals surface area contributed by atoms with Gasteiger partial charge in [0.05, 0.1) is 6.42 Å². The molecule has 156 valence electrons. The van der Waals surface area contributed by atoms with Crippen molar-refractivity contribution in [1.82, 2.24) is 0 Å². The molecule has 0 saturated heterocycles. The van der Waals surface area contributed by atoms with Crippen LogP contribution in [0.1, 0.15) is 84.9 Å². The van der Waals surface area contributed by atoms with Gasteiger partial charge in [0.15, 0.2) is 0 Å². The molecule has 0 unspecified atom stereocenters. The number of hydrogen-bond acceptors (Lipinski definition) is 1. The van der Waals surface area contributed by atoms with Crippen LogP contribution in [0, 0.1) is 20.8 Å². The van der Waals surface area contributed by atoms with Crippen molar-refractivity contribution in [3.8, 4) is 0 Å². The molecule has 0 atom stereocenters. The molecule has 2 rings (SSSR count). The van der Waals surface area contributed by atoms with Gasteiger partial charge in [0, 0.05) is 0 Å². The van der Waals surface area contributed by atoms with E-state index >= 15 is 0 Å². The molecule has 0 aliphatic heterocycles. The lowest BCUT2D eigenvalue weighted by Crippen LogP contribution is -2.07. The van der Waals surface area contributed by atoms with Gasteiger partial charge in [-0.15, -0.1) is 0 Å². The van der Waals surface area contributed by atoms with Crippen molar-refractivity contribution in [1.29, 1.82) is 0 Å². The number of rotatable bonds is 10. The maximum atomic E-state index is 11.5. The van der Waals surface area contributed by atoms with Gasteiger partial charge in [0.2, 0.25) is 0 Å². The Bertz CT molecular complexity index is 874. The first-order valence-electron chi connectivity index (χ1n) is 11.0. The van der Waals surface area contributed by atoms with Crippen LogP contribution in [-0.4, -0.2) is 11.1 Å². The number of allylic oxidation sites excluding steroid dienone is 1. The number of carboxylic acid groups (broad SMARTS) is 1. The van der Waals surface area contributed by atoms with Gasteiger partial charge in [0.1, 0.15) is 0 Å². The molecule has 2 nitrogen and oxygen atoms in total. The molecule has 0 bridgehead atoms. The van der Waals surface area contributed by atoms with Crippen molar-refractivity contribution in [2.75, 3.05) is 0 Å². The van der Waals surface area contributed by atoms with E-state index in [0.717, 1.165) is 36.0 Å². The van der Waals surface area contributed by atoms with E-state index in [-0.39, 0.29) is 6.42 Å². The summed E-state index contributed by atoms with van der Waals surface area (Å²) in [5.41, 5.74) is 9.74. The minimum absolute atomic E-state index is 0.0521. The quantitative estimate of drug-likeness (QED) is 0.434. The zero-order valence-corrected chi connectivity index (χ0v) is 18.8. The number of carboxylic acids is 1. The van der Waals surface area contributed by atoms with E-state index in [4.69, 9.17) is 0 Å². The zero-order valence-electron chi connectivity index (χ0n) is 18.8. The second-order valence-corrected chi connectivity index (χ2v) is 8.08. The molecule has 2 aromatic carbocycles. The maximum absolute atomic E-state index is 11.5. The van der Waals surface area contributed by atoms with Gasteiger partial charge in [-0.2, -0.15) is 0 Å². The topological polar surface area (TPSA) is 37.3 Å². The number of hydrogen-bond donors (Lipinski definition) is 1. The molecule has 0 amide bonds. The molecule has 0 saturated carbocycles. The van der Waals surface area contributed by atoms with Gasteiger partial charge in [-0.25, -0.2) is 0 Å². The molecule has 0 aliphatic rings. The molecule has 0 aliphatic carbocycles. The number of aryl methyl sites for hydroxylation is 2. The molecule has 2 aromatic rings.